The number of hydrogen-bond acceptors (Lipinski definition) is 4. The van der Waals surface area contributed by atoms with E-state index in [1.54, 1.807) is 13.8 Å². The molecule has 4 heteroatoms. The zero-order valence-corrected chi connectivity index (χ0v) is 14.1. The molecule has 0 radical (unpaired) electrons. The van der Waals surface area contributed by atoms with Crippen LogP contribution in [-0.2, 0) is 25.5 Å². The summed E-state index contributed by atoms with van der Waals surface area (Å²) in [6.45, 7) is 4.19. The molecule has 1 aliphatic carbocycles. The minimum absolute atomic E-state index is 0.295. The lowest BCUT2D eigenvalue weighted by atomic mass is 9.92. The number of fused-ring (bicyclic) bond motifs is 1. The van der Waals surface area contributed by atoms with Crippen molar-refractivity contribution in [2.75, 3.05) is 13.2 Å². The van der Waals surface area contributed by atoms with Gasteiger partial charge in [-0.2, -0.15) is 0 Å². The highest BCUT2D eigenvalue weighted by molar-refractivity contribution is 5.91. The van der Waals surface area contributed by atoms with Gasteiger partial charge in [-0.05, 0) is 43.0 Å². The van der Waals surface area contributed by atoms with E-state index in [4.69, 9.17) is 9.47 Å². The van der Waals surface area contributed by atoms with E-state index in [0.29, 0.717) is 26.1 Å². The predicted molar refractivity (Wildman–Crippen MR) is 91.5 cm³/mol. The average molecular weight is 326 g/mol. The summed E-state index contributed by atoms with van der Waals surface area (Å²) in [5, 5.41) is 2.28. The molecule has 1 fully saturated rings. The standard InChI is InChI=1S/C20H22O4/c1-3-23-18(21)17-13-20(17,19(22)24-4-2)12-14-9-10-15-7-5-6-8-16(15)11-14/h5-11,17H,3-4,12-13H2,1-2H3/t17-,20+/m0/s1. The van der Waals surface area contributed by atoms with E-state index in [1.165, 1.54) is 0 Å². The Morgan fingerprint density at radius 2 is 1.75 bits per heavy atom. The lowest BCUT2D eigenvalue weighted by Crippen LogP contribution is -2.27. The monoisotopic (exact) mass is 326 g/mol. The van der Waals surface area contributed by atoms with Crippen LogP contribution in [0.3, 0.4) is 0 Å². The largest absolute Gasteiger partial charge is 0.466 e. The number of rotatable bonds is 6. The van der Waals surface area contributed by atoms with E-state index in [1.807, 2.05) is 30.3 Å². The topological polar surface area (TPSA) is 52.6 Å². The maximum atomic E-state index is 12.5. The van der Waals surface area contributed by atoms with Gasteiger partial charge in [0.2, 0.25) is 0 Å². The summed E-state index contributed by atoms with van der Waals surface area (Å²) in [5.41, 5.74) is 0.263. The zero-order valence-electron chi connectivity index (χ0n) is 14.1. The van der Waals surface area contributed by atoms with Crippen LogP contribution in [0.4, 0.5) is 0 Å². The molecule has 1 saturated carbocycles. The first kappa shape index (κ1) is 16.5. The molecule has 0 saturated heterocycles. The van der Waals surface area contributed by atoms with Crippen molar-refractivity contribution >= 4 is 22.7 Å². The average Bonchev–Trinajstić information content (AvgIpc) is 3.31. The lowest BCUT2D eigenvalue weighted by molar-refractivity contribution is -0.155. The predicted octanol–water partition coefficient (Wildman–Crippen LogP) is 3.51. The number of carbonyl (C=O) groups is 2. The van der Waals surface area contributed by atoms with E-state index in [0.717, 1.165) is 16.3 Å². The highest BCUT2D eigenvalue weighted by Gasteiger charge is 2.65. The van der Waals surface area contributed by atoms with E-state index < -0.39 is 11.3 Å². The van der Waals surface area contributed by atoms with Gasteiger partial charge >= 0.3 is 11.9 Å². The van der Waals surface area contributed by atoms with E-state index in [2.05, 4.69) is 12.1 Å². The van der Waals surface area contributed by atoms with Gasteiger partial charge in [0.1, 0.15) is 0 Å². The molecule has 2 atom stereocenters. The highest BCUT2D eigenvalue weighted by atomic mass is 16.5. The Kier molecular flexibility index (Phi) is 4.56. The number of hydrogen-bond donors (Lipinski definition) is 0. The first-order valence-corrected chi connectivity index (χ1v) is 8.42. The molecule has 0 unspecified atom stereocenters. The van der Waals surface area contributed by atoms with Gasteiger partial charge in [0.15, 0.2) is 0 Å². The summed E-state index contributed by atoms with van der Waals surface area (Å²) in [4.78, 5) is 24.6. The molecule has 0 heterocycles. The molecule has 0 N–H and O–H groups in total. The van der Waals surface area contributed by atoms with Crippen LogP contribution in [-0.4, -0.2) is 25.2 Å². The van der Waals surface area contributed by atoms with Crippen LogP contribution >= 0.6 is 0 Å². The van der Waals surface area contributed by atoms with Crippen molar-refractivity contribution in [2.45, 2.75) is 26.7 Å². The normalized spacial score (nSPS) is 22.2. The van der Waals surface area contributed by atoms with E-state index in [9.17, 15) is 9.59 Å². The molecular weight excluding hydrogens is 304 g/mol. The molecule has 0 aliphatic heterocycles. The van der Waals surface area contributed by atoms with Crippen molar-refractivity contribution in [1.82, 2.24) is 0 Å². The van der Waals surface area contributed by atoms with Gasteiger partial charge in [0.05, 0.1) is 24.5 Å². The third-order valence-electron chi connectivity index (χ3n) is 4.66. The first-order chi connectivity index (χ1) is 11.6. The second-order valence-corrected chi connectivity index (χ2v) is 6.24. The van der Waals surface area contributed by atoms with Crippen LogP contribution in [0.2, 0.25) is 0 Å². The summed E-state index contributed by atoms with van der Waals surface area (Å²) < 4.78 is 10.4. The van der Waals surface area contributed by atoms with Crippen LogP contribution < -0.4 is 0 Å². The summed E-state index contributed by atoms with van der Waals surface area (Å²) in [6.07, 6.45) is 0.998. The SMILES string of the molecule is CCOC(=O)[C@@H]1C[C@@]1(Cc1ccc2ccccc2c1)C(=O)OCC. The Labute approximate surface area is 141 Å². The fourth-order valence-corrected chi connectivity index (χ4v) is 3.34. The Hall–Kier alpha value is -2.36. The maximum Gasteiger partial charge on any atom is 0.313 e. The Bertz CT molecular complexity index is 767. The Morgan fingerprint density at radius 1 is 1.04 bits per heavy atom. The van der Waals surface area contributed by atoms with E-state index >= 15 is 0 Å². The van der Waals surface area contributed by atoms with Crippen molar-refractivity contribution in [2.24, 2.45) is 11.3 Å². The van der Waals surface area contributed by atoms with Crippen LogP contribution in [0.5, 0.6) is 0 Å². The molecule has 0 spiro atoms. The second kappa shape index (κ2) is 6.63. The van der Waals surface area contributed by atoms with Crippen LogP contribution in [0.1, 0.15) is 25.8 Å². The van der Waals surface area contributed by atoms with Crippen molar-refractivity contribution in [3.8, 4) is 0 Å². The number of ether oxygens (including phenoxy) is 2. The molecule has 4 nitrogen and oxygen atoms in total. The van der Waals surface area contributed by atoms with Crippen LogP contribution in [0, 0.1) is 11.3 Å². The molecule has 126 valence electrons. The van der Waals surface area contributed by atoms with Crippen molar-refractivity contribution in [3.05, 3.63) is 48.0 Å². The van der Waals surface area contributed by atoms with Gasteiger partial charge in [-0.1, -0.05) is 42.5 Å². The maximum absolute atomic E-state index is 12.5. The zero-order chi connectivity index (χ0) is 17.2. The lowest BCUT2D eigenvalue weighted by Gasteiger charge is -2.16. The minimum atomic E-state index is -0.773. The van der Waals surface area contributed by atoms with Gasteiger partial charge in [-0.3, -0.25) is 9.59 Å². The third kappa shape index (κ3) is 3.01. The smallest absolute Gasteiger partial charge is 0.313 e. The minimum Gasteiger partial charge on any atom is -0.466 e. The molecule has 2 aromatic rings. The first-order valence-electron chi connectivity index (χ1n) is 8.42. The molecule has 24 heavy (non-hydrogen) atoms. The quantitative estimate of drug-likeness (QED) is 0.762. The van der Waals surface area contributed by atoms with Gasteiger partial charge in [-0.15, -0.1) is 0 Å². The molecule has 0 aromatic heterocycles. The van der Waals surface area contributed by atoms with Gasteiger partial charge in [0.25, 0.3) is 0 Å². The van der Waals surface area contributed by atoms with Gasteiger partial charge in [-0.25, -0.2) is 0 Å². The molecule has 0 bridgehead atoms. The Balaban J connectivity index is 1.86. The summed E-state index contributed by atoms with van der Waals surface area (Å²) in [5.74, 6) is -0.995. The van der Waals surface area contributed by atoms with Gasteiger partial charge < -0.3 is 9.47 Å². The molecule has 3 rings (SSSR count). The van der Waals surface area contributed by atoms with E-state index in [-0.39, 0.29) is 11.9 Å². The Morgan fingerprint density at radius 3 is 2.46 bits per heavy atom. The molecular formula is C20H22O4. The van der Waals surface area contributed by atoms with Gasteiger partial charge in [0, 0.05) is 0 Å². The fraction of sp³-hybridized carbons (Fsp3) is 0.400. The van der Waals surface area contributed by atoms with Crippen molar-refractivity contribution < 1.29 is 19.1 Å². The molecule has 0 amide bonds. The number of carbonyl (C=O) groups excluding carboxylic acids is 2. The summed E-state index contributed by atoms with van der Waals surface area (Å²) in [7, 11) is 0. The number of benzene rings is 2. The van der Waals surface area contributed by atoms with Crippen molar-refractivity contribution in [1.29, 1.82) is 0 Å². The fourth-order valence-electron chi connectivity index (χ4n) is 3.34. The summed E-state index contributed by atoms with van der Waals surface area (Å²) >= 11 is 0. The van der Waals surface area contributed by atoms with Crippen LogP contribution in [0.25, 0.3) is 10.8 Å². The van der Waals surface area contributed by atoms with Crippen molar-refractivity contribution in [3.63, 3.8) is 0 Å². The highest BCUT2D eigenvalue weighted by Crippen LogP contribution is 2.56. The van der Waals surface area contributed by atoms with Crippen LogP contribution in [0.15, 0.2) is 42.5 Å². The summed E-state index contributed by atoms with van der Waals surface area (Å²) in [6, 6.07) is 14.2. The molecule has 1 aliphatic rings. The second-order valence-electron chi connectivity index (χ2n) is 6.24. The molecule has 2 aromatic carbocycles. The number of esters is 2. The third-order valence-corrected chi connectivity index (χ3v) is 4.66.